The average molecular weight is 233 g/mol. The van der Waals surface area contributed by atoms with Crippen molar-refractivity contribution < 1.29 is 20.1 Å². The normalized spacial score (nSPS) is 37.3. The van der Waals surface area contributed by atoms with E-state index in [2.05, 4.69) is 12.2 Å². The van der Waals surface area contributed by atoms with Gasteiger partial charge in [-0.25, -0.2) is 0 Å². The van der Waals surface area contributed by atoms with Crippen LogP contribution >= 0.6 is 0 Å². The largest absolute Gasteiger partial charge is 0.388 e. The molecule has 1 unspecified atom stereocenters. The molecule has 1 rings (SSSR count). The van der Waals surface area contributed by atoms with Gasteiger partial charge in [0.1, 0.15) is 18.3 Å². The highest BCUT2D eigenvalue weighted by Gasteiger charge is 2.37. The lowest BCUT2D eigenvalue weighted by Gasteiger charge is -2.36. The highest BCUT2D eigenvalue weighted by Crippen LogP contribution is 2.19. The molecule has 0 aromatic carbocycles. The maximum Gasteiger partial charge on any atom is 0.111 e. The number of ether oxygens (including phenoxy) is 1. The summed E-state index contributed by atoms with van der Waals surface area (Å²) < 4.78 is 5.32. The number of aliphatic hydroxyl groups excluding tert-OH is 3. The monoisotopic (exact) mass is 233 g/mol. The third kappa shape index (κ3) is 3.68. The Morgan fingerprint density at radius 3 is 2.62 bits per heavy atom. The molecule has 16 heavy (non-hydrogen) atoms. The molecule has 0 aromatic heterocycles. The Hall–Kier alpha value is -0.200. The first-order valence-corrected chi connectivity index (χ1v) is 5.95. The highest BCUT2D eigenvalue weighted by molar-refractivity contribution is 4.88. The van der Waals surface area contributed by atoms with E-state index in [1.165, 1.54) is 0 Å². The molecule has 5 heteroatoms. The highest BCUT2D eigenvalue weighted by atomic mass is 16.5. The minimum Gasteiger partial charge on any atom is -0.388 e. The van der Waals surface area contributed by atoms with E-state index in [0.717, 1.165) is 13.0 Å². The van der Waals surface area contributed by atoms with Crippen LogP contribution in [0.4, 0.5) is 0 Å². The summed E-state index contributed by atoms with van der Waals surface area (Å²) in [6, 6.07) is 0.224. The van der Waals surface area contributed by atoms with Gasteiger partial charge in [-0.2, -0.15) is 0 Å². The second kappa shape index (κ2) is 6.51. The van der Waals surface area contributed by atoms with Gasteiger partial charge in [-0.15, -0.1) is 0 Å². The Morgan fingerprint density at radius 1 is 1.31 bits per heavy atom. The van der Waals surface area contributed by atoms with E-state index in [0.29, 0.717) is 6.42 Å². The van der Waals surface area contributed by atoms with E-state index in [1.54, 1.807) is 0 Å². The van der Waals surface area contributed by atoms with Crippen molar-refractivity contribution in [2.24, 2.45) is 0 Å². The Balaban J connectivity index is 2.36. The van der Waals surface area contributed by atoms with Crippen molar-refractivity contribution >= 4 is 0 Å². The Kier molecular flexibility index (Phi) is 5.64. The van der Waals surface area contributed by atoms with Crippen LogP contribution in [0.25, 0.3) is 0 Å². The van der Waals surface area contributed by atoms with Gasteiger partial charge in [0.2, 0.25) is 0 Å². The number of aliphatic hydroxyl groups is 3. The topological polar surface area (TPSA) is 82.0 Å². The van der Waals surface area contributed by atoms with Crippen LogP contribution in [0, 0.1) is 0 Å². The maximum absolute atomic E-state index is 9.72. The Bertz CT molecular complexity index is 202. The van der Waals surface area contributed by atoms with Gasteiger partial charge in [0.05, 0.1) is 12.7 Å². The fraction of sp³-hybridized carbons (Fsp3) is 1.00. The lowest BCUT2D eigenvalue weighted by molar-refractivity contribution is -0.189. The molecule has 1 aliphatic rings. The summed E-state index contributed by atoms with van der Waals surface area (Å²) in [5.41, 5.74) is 0. The van der Waals surface area contributed by atoms with Crippen molar-refractivity contribution in [3.05, 3.63) is 0 Å². The summed E-state index contributed by atoms with van der Waals surface area (Å²) in [6.45, 7) is 5.12. The van der Waals surface area contributed by atoms with Gasteiger partial charge < -0.3 is 25.4 Å². The molecular formula is C11H23NO4. The SMILES string of the molecule is CCCNC(C)C[C@@H]1OC[C@@H](O)[C@H](O)[C@H]1O. The Morgan fingerprint density at radius 2 is 2.00 bits per heavy atom. The van der Waals surface area contributed by atoms with Crippen LogP contribution in [-0.2, 0) is 4.74 Å². The van der Waals surface area contributed by atoms with Crippen molar-refractivity contribution in [1.29, 1.82) is 0 Å². The van der Waals surface area contributed by atoms with Crippen LogP contribution in [-0.4, -0.2) is 58.9 Å². The maximum atomic E-state index is 9.72. The lowest BCUT2D eigenvalue weighted by Crippen LogP contribution is -2.54. The van der Waals surface area contributed by atoms with Crippen molar-refractivity contribution in [2.45, 2.75) is 57.1 Å². The Labute approximate surface area is 96.4 Å². The number of hydrogen-bond donors (Lipinski definition) is 4. The molecule has 1 aliphatic heterocycles. The summed E-state index contributed by atoms with van der Waals surface area (Å²) in [7, 11) is 0. The van der Waals surface area contributed by atoms with Crippen molar-refractivity contribution in [2.75, 3.05) is 13.2 Å². The van der Waals surface area contributed by atoms with E-state index in [-0.39, 0.29) is 12.6 Å². The molecular weight excluding hydrogens is 210 g/mol. The standard InChI is InChI=1S/C11H23NO4/c1-3-4-12-7(2)5-9-11(15)10(14)8(13)6-16-9/h7-15H,3-6H2,1-2H3/t7?,8-,9+,10+,11+/m1/s1. The zero-order valence-electron chi connectivity index (χ0n) is 9.97. The molecule has 1 heterocycles. The van der Waals surface area contributed by atoms with Gasteiger partial charge in [-0.05, 0) is 26.3 Å². The van der Waals surface area contributed by atoms with Crippen LogP contribution in [0.15, 0.2) is 0 Å². The van der Waals surface area contributed by atoms with Crippen LogP contribution < -0.4 is 5.32 Å². The fourth-order valence-electron chi connectivity index (χ4n) is 1.90. The molecule has 0 amide bonds. The van der Waals surface area contributed by atoms with Crippen molar-refractivity contribution in [3.63, 3.8) is 0 Å². The van der Waals surface area contributed by atoms with Gasteiger partial charge in [0.15, 0.2) is 0 Å². The molecule has 0 spiro atoms. The second-order valence-electron chi connectivity index (χ2n) is 4.51. The summed E-state index contributed by atoms with van der Waals surface area (Å²) >= 11 is 0. The smallest absolute Gasteiger partial charge is 0.111 e. The van der Waals surface area contributed by atoms with Crippen LogP contribution in [0.3, 0.4) is 0 Å². The van der Waals surface area contributed by atoms with Crippen LogP contribution in [0.5, 0.6) is 0 Å². The first-order valence-electron chi connectivity index (χ1n) is 5.95. The third-order valence-electron chi connectivity index (χ3n) is 2.93. The molecule has 5 atom stereocenters. The van der Waals surface area contributed by atoms with Crippen molar-refractivity contribution in [3.8, 4) is 0 Å². The second-order valence-corrected chi connectivity index (χ2v) is 4.51. The van der Waals surface area contributed by atoms with Gasteiger partial charge >= 0.3 is 0 Å². The predicted octanol–water partition coefficient (Wildman–Crippen LogP) is -0.754. The zero-order valence-corrected chi connectivity index (χ0v) is 9.97. The van der Waals surface area contributed by atoms with E-state index < -0.39 is 24.4 Å². The van der Waals surface area contributed by atoms with Crippen LogP contribution in [0.1, 0.15) is 26.7 Å². The molecule has 0 aromatic rings. The third-order valence-corrected chi connectivity index (χ3v) is 2.93. The van der Waals surface area contributed by atoms with Crippen LogP contribution in [0.2, 0.25) is 0 Å². The minimum absolute atomic E-state index is 0.0867. The molecule has 1 saturated heterocycles. The number of rotatable bonds is 5. The van der Waals surface area contributed by atoms with E-state index in [4.69, 9.17) is 4.74 Å². The summed E-state index contributed by atoms with van der Waals surface area (Å²) in [5.74, 6) is 0. The van der Waals surface area contributed by atoms with Crippen molar-refractivity contribution in [1.82, 2.24) is 5.32 Å². The zero-order chi connectivity index (χ0) is 12.1. The molecule has 96 valence electrons. The first-order chi connectivity index (χ1) is 7.56. The van der Waals surface area contributed by atoms with E-state index in [1.807, 2.05) is 6.92 Å². The predicted molar refractivity (Wildman–Crippen MR) is 60.1 cm³/mol. The average Bonchev–Trinajstić information content (AvgIpc) is 2.27. The first kappa shape index (κ1) is 13.9. The molecule has 4 N–H and O–H groups in total. The quantitative estimate of drug-likeness (QED) is 0.502. The number of nitrogens with one attached hydrogen (secondary N) is 1. The van der Waals surface area contributed by atoms with E-state index >= 15 is 0 Å². The minimum atomic E-state index is -1.10. The van der Waals surface area contributed by atoms with Gasteiger partial charge in [0.25, 0.3) is 0 Å². The lowest BCUT2D eigenvalue weighted by atomic mass is 9.95. The molecule has 0 radical (unpaired) electrons. The van der Waals surface area contributed by atoms with Gasteiger partial charge in [-0.1, -0.05) is 6.92 Å². The molecule has 0 saturated carbocycles. The fourth-order valence-corrected chi connectivity index (χ4v) is 1.90. The molecule has 5 nitrogen and oxygen atoms in total. The molecule has 0 aliphatic carbocycles. The summed E-state index contributed by atoms with van der Waals surface area (Å²) in [5, 5.41) is 31.8. The van der Waals surface area contributed by atoms with E-state index in [9.17, 15) is 15.3 Å². The number of hydrogen-bond acceptors (Lipinski definition) is 5. The molecule has 0 bridgehead atoms. The molecule has 1 fully saturated rings. The van der Waals surface area contributed by atoms with Gasteiger partial charge in [-0.3, -0.25) is 0 Å². The summed E-state index contributed by atoms with van der Waals surface area (Å²) in [6.07, 6.45) is -1.81. The summed E-state index contributed by atoms with van der Waals surface area (Å²) in [4.78, 5) is 0. The van der Waals surface area contributed by atoms with Gasteiger partial charge in [0, 0.05) is 6.04 Å².